The monoisotopic (exact) mass is 1420 g/mol. The van der Waals surface area contributed by atoms with Gasteiger partial charge in [0.25, 0.3) is 0 Å². The molecule has 0 aliphatic rings. The van der Waals surface area contributed by atoms with E-state index in [1.54, 1.807) is 76.6 Å². The lowest BCUT2D eigenvalue weighted by molar-refractivity contribution is -0.159. The predicted molar refractivity (Wildman–Crippen MR) is 363 cm³/mol. The highest BCUT2D eigenvalue weighted by molar-refractivity contribution is 5.97. The van der Waals surface area contributed by atoms with Gasteiger partial charge in [0, 0.05) is 81.9 Å². The van der Waals surface area contributed by atoms with Crippen LogP contribution in [0.4, 0.5) is 13.6 Å². The number of esters is 1. The van der Waals surface area contributed by atoms with E-state index >= 15 is 4.39 Å². The number of nitrogens with zero attached hydrogens (tertiary/aromatic N) is 3. The first kappa shape index (κ1) is 83.1. The van der Waals surface area contributed by atoms with E-state index in [0.29, 0.717) is 18.5 Å². The number of hydrogen-bond donors (Lipinski definition) is 11. The summed E-state index contributed by atoms with van der Waals surface area (Å²) in [5.74, 6) is -13.3. The number of nitrogens with two attached hydrogens (primary N) is 1. The second-order valence-electron chi connectivity index (χ2n) is 26.3. The number of carbonyl (C=O) groups is 13. The van der Waals surface area contributed by atoms with E-state index in [-0.39, 0.29) is 56.5 Å². The van der Waals surface area contributed by atoms with Gasteiger partial charge in [-0.15, -0.1) is 0 Å². The van der Waals surface area contributed by atoms with Crippen molar-refractivity contribution in [2.75, 3.05) is 33.3 Å². The number of hydrogen-bond acceptors (Lipinski definition) is 16. The highest BCUT2D eigenvalue weighted by atomic mass is 19.1. The number of aliphatic carboxylic acids is 2. The van der Waals surface area contributed by atoms with Gasteiger partial charge >= 0.3 is 24.0 Å². The van der Waals surface area contributed by atoms with E-state index < -0.39 is 194 Å². The number of likely N-dealkylation sites (N-methyl/N-ethyl adjacent to an activating group) is 1. The third kappa shape index (κ3) is 28.8. The molecule has 0 saturated heterocycles. The van der Waals surface area contributed by atoms with E-state index in [9.17, 15) is 76.9 Å². The molecule has 4 aromatic rings. The fourth-order valence-corrected chi connectivity index (χ4v) is 10.6. The summed E-state index contributed by atoms with van der Waals surface area (Å²) < 4.78 is 42.7. The molecule has 3 aromatic carbocycles. The number of alkyl carbamates (subject to hydrolysis) is 1. The van der Waals surface area contributed by atoms with Crippen LogP contribution < -0.4 is 43.0 Å². The number of carbonyl (C=O) groups excluding carboxylic acids is 11. The van der Waals surface area contributed by atoms with E-state index in [4.69, 9.17) is 20.3 Å². The van der Waals surface area contributed by atoms with Gasteiger partial charge in [-0.25, -0.2) is 23.2 Å². The number of carboxylic acid groups (broad SMARTS) is 2. The molecule has 101 heavy (non-hydrogen) atoms. The number of aromatic nitrogens is 1. The number of benzene rings is 3. The molecule has 7 atom stereocenters. The fourth-order valence-electron chi connectivity index (χ4n) is 10.6. The Labute approximate surface area is 584 Å². The Bertz CT molecular complexity index is 3530. The summed E-state index contributed by atoms with van der Waals surface area (Å²) in [4.78, 5) is 173. The lowest BCUT2D eigenvalue weighted by atomic mass is 9.82. The van der Waals surface area contributed by atoms with Crippen molar-refractivity contribution in [2.24, 2.45) is 11.1 Å². The number of rotatable bonds is 40. The summed E-state index contributed by atoms with van der Waals surface area (Å²) >= 11 is 0. The van der Waals surface area contributed by atoms with Crippen LogP contribution in [0.15, 0.2) is 91.1 Å². The molecule has 552 valence electrons. The molecule has 1 aromatic heterocycles. The van der Waals surface area contributed by atoms with Crippen LogP contribution in [-0.2, 0) is 80.2 Å². The van der Waals surface area contributed by atoms with Crippen LogP contribution in [0.3, 0.4) is 0 Å². The molecule has 0 bridgehead atoms. The van der Waals surface area contributed by atoms with Gasteiger partial charge in [0.15, 0.2) is 0 Å². The van der Waals surface area contributed by atoms with Crippen molar-refractivity contribution in [3.8, 4) is 11.1 Å². The lowest BCUT2D eigenvalue weighted by Crippen LogP contribution is -2.58. The average molecular weight is 1420 g/mol. The molecule has 12 N–H and O–H groups in total. The zero-order chi connectivity index (χ0) is 75.3. The first-order valence-electron chi connectivity index (χ1n) is 33.0. The minimum absolute atomic E-state index is 0.0253. The summed E-state index contributed by atoms with van der Waals surface area (Å²) in [5.41, 5.74) is 5.76. The van der Waals surface area contributed by atoms with Crippen molar-refractivity contribution in [2.45, 2.75) is 187 Å². The number of aliphatic hydroxyl groups excluding tert-OH is 1. The molecule has 0 spiro atoms. The SMILES string of the molecule is C[C@H](NC(=O)CCCC(=O)N[C@@H](CCCCNC(=O)OCc1ccccc1)C(=O)OC(C)(C)C)C(=O)N(C)[C@@H](C)C(=O)N[C@@H](CC(N)=O)C(=O)N[C@@H](CCN(C(=O)CO)[C@@H](c1cc(-c2cc(F)ccc2F)cn1Cc1ccccc1)C(C)(C)C)C(=O)NCCC(=O)N[C@H](CCC(=O)O)C(=O)O. The van der Waals surface area contributed by atoms with Crippen LogP contribution in [0, 0.1) is 17.0 Å². The summed E-state index contributed by atoms with van der Waals surface area (Å²) in [5, 5.41) is 46.6. The Morgan fingerprint density at radius 3 is 1.83 bits per heavy atom. The Kier molecular flexibility index (Phi) is 33.0. The van der Waals surface area contributed by atoms with Crippen molar-refractivity contribution in [3.05, 3.63) is 120 Å². The smallest absolute Gasteiger partial charge is 0.407 e. The van der Waals surface area contributed by atoms with Gasteiger partial charge in [0.05, 0.1) is 12.5 Å². The topological polar surface area (TPSA) is 423 Å². The largest absolute Gasteiger partial charge is 0.481 e. The molecule has 10 amide bonds. The molecule has 0 aliphatic heterocycles. The standard InChI is InChI=1S/C70H95F2N11O18/c1-42(76-56(86)24-18-25-57(87)78-52(67(98)101-70(6,7)8)23-16-17-32-75-68(99)100-41-45-21-14-11-15-22-45)65(95)81(9)43(2)62(92)80-53(37-55(73)85)64(94)79-50(63(93)74-33-30-58(88)77-51(66(96)97)28-29-60(90)91)31-34-83(59(89)40-84)61(69(3,4)5)54-35-46(48-36-47(71)26-27-49(48)72)39-82(54)38-44-19-12-10-13-20-44/h10-15,19-22,26-27,35-36,39,42-43,50-53,61,84H,16-18,23-25,28-34,37-38,40-41H2,1-9H3,(H2,73,85)(H,74,93)(H,75,99)(H,76,86)(H,77,88)(H,78,87)(H,79,94)(H,80,92)(H,90,91)(H,96,97)/t42-,43-,50-,51+,52-,53-,61-/m0/s1. The maximum Gasteiger partial charge on any atom is 0.407 e. The minimum atomic E-state index is -1.87. The predicted octanol–water partition coefficient (Wildman–Crippen LogP) is 4.01. The van der Waals surface area contributed by atoms with E-state index in [1.807, 2.05) is 42.5 Å². The maximum absolute atomic E-state index is 15.5. The molecule has 29 nitrogen and oxygen atoms in total. The van der Waals surface area contributed by atoms with Gasteiger partial charge in [-0.3, -0.25) is 47.9 Å². The first-order valence-corrected chi connectivity index (χ1v) is 33.0. The summed E-state index contributed by atoms with van der Waals surface area (Å²) in [6, 6.07) is 12.5. The van der Waals surface area contributed by atoms with Gasteiger partial charge in [0.2, 0.25) is 53.2 Å². The van der Waals surface area contributed by atoms with Crippen LogP contribution >= 0.6 is 0 Å². The maximum atomic E-state index is 15.5. The van der Waals surface area contributed by atoms with Gasteiger partial charge < -0.3 is 82.1 Å². The molecule has 0 unspecified atom stereocenters. The molecule has 0 aliphatic carbocycles. The van der Waals surface area contributed by atoms with Gasteiger partial charge in [-0.05, 0) is 114 Å². The second kappa shape index (κ2) is 40.1. The molecular formula is C70H95F2N11O18. The Morgan fingerprint density at radius 2 is 1.24 bits per heavy atom. The molecular weight excluding hydrogens is 1320 g/mol. The summed E-state index contributed by atoms with van der Waals surface area (Å²) in [7, 11) is 1.21. The number of ether oxygens (including phenoxy) is 2. The number of carboxylic acids is 2. The number of primary amides is 1. The summed E-state index contributed by atoms with van der Waals surface area (Å²) in [6.45, 7) is 11.2. The highest BCUT2D eigenvalue weighted by Crippen LogP contribution is 2.41. The first-order chi connectivity index (χ1) is 47.5. The zero-order valence-corrected chi connectivity index (χ0v) is 58.4. The normalized spacial score (nSPS) is 13.4. The molecule has 1 heterocycles. The van der Waals surface area contributed by atoms with Gasteiger partial charge in [-0.1, -0.05) is 81.4 Å². The number of aliphatic hydroxyl groups is 1. The van der Waals surface area contributed by atoms with Crippen molar-refractivity contribution >= 4 is 77.2 Å². The Balaban J connectivity index is 1.50. The number of unbranched alkanes of at least 4 members (excludes halogenated alkanes) is 1. The molecule has 0 radical (unpaired) electrons. The quantitative estimate of drug-likeness (QED) is 0.0221. The Hall–Kier alpha value is -10.3. The van der Waals surface area contributed by atoms with Crippen LogP contribution in [0.2, 0.25) is 0 Å². The highest BCUT2D eigenvalue weighted by Gasteiger charge is 2.39. The number of halogens is 2. The van der Waals surface area contributed by atoms with Crippen molar-refractivity contribution < 1.29 is 95.9 Å². The van der Waals surface area contributed by atoms with Crippen LogP contribution in [0.25, 0.3) is 11.1 Å². The van der Waals surface area contributed by atoms with E-state index in [2.05, 4.69) is 37.2 Å². The fraction of sp³-hybridized carbons (Fsp3) is 0.500. The van der Waals surface area contributed by atoms with Crippen molar-refractivity contribution in [1.82, 2.24) is 51.6 Å². The molecule has 31 heteroatoms. The number of nitrogens with one attached hydrogen (secondary N) is 7. The zero-order valence-electron chi connectivity index (χ0n) is 58.4. The van der Waals surface area contributed by atoms with Crippen LogP contribution in [0.1, 0.15) is 149 Å². The number of amides is 10. The Morgan fingerprint density at radius 1 is 0.634 bits per heavy atom. The third-order valence-electron chi connectivity index (χ3n) is 15.8. The van der Waals surface area contributed by atoms with Crippen molar-refractivity contribution in [3.63, 3.8) is 0 Å². The van der Waals surface area contributed by atoms with Crippen LogP contribution in [-0.4, -0.2) is 182 Å². The van der Waals surface area contributed by atoms with Crippen LogP contribution in [0.5, 0.6) is 0 Å². The van der Waals surface area contributed by atoms with Gasteiger partial charge in [-0.2, -0.15) is 0 Å². The van der Waals surface area contributed by atoms with Crippen molar-refractivity contribution in [1.29, 1.82) is 0 Å². The van der Waals surface area contributed by atoms with E-state index in [0.717, 1.165) is 34.2 Å². The lowest BCUT2D eigenvalue weighted by Gasteiger charge is -2.41. The van der Waals surface area contributed by atoms with E-state index in [1.165, 1.54) is 25.8 Å². The van der Waals surface area contributed by atoms with Gasteiger partial charge in [0.1, 0.15) is 66.7 Å². The molecule has 0 fully saturated rings. The second-order valence-corrected chi connectivity index (χ2v) is 26.3. The molecule has 0 saturated carbocycles. The molecule has 4 rings (SSSR count). The summed E-state index contributed by atoms with van der Waals surface area (Å²) in [6.07, 6.45) is -1.62. The average Bonchev–Trinajstić information content (AvgIpc) is 1.64. The minimum Gasteiger partial charge on any atom is -0.481 e. The third-order valence-corrected chi connectivity index (χ3v) is 15.8.